The summed E-state index contributed by atoms with van der Waals surface area (Å²) in [7, 11) is 0. The van der Waals surface area contributed by atoms with Crippen molar-refractivity contribution in [1.29, 1.82) is 0 Å². The zero-order valence-corrected chi connectivity index (χ0v) is 15.3. The number of para-hydroxylation sites is 2. The van der Waals surface area contributed by atoms with Crippen LogP contribution >= 0.6 is 0 Å². The number of benzene rings is 2. The van der Waals surface area contributed by atoms with E-state index in [-0.39, 0.29) is 0 Å². The number of hydrogen-bond donors (Lipinski definition) is 2. The standard InChI is InChI=1S/C22H26N4/c1-17-22(25-16-24-17)19-11-13-26(14-12-19)21-10-6-5-9-20(21)23-15-18-7-3-2-4-8-18/h2-10,16,19,23H,11-15H2,1H3,(H,24,25). The van der Waals surface area contributed by atoms with Crippen LogP contribution in [0.3, 0.4) is 0 Å². The van der Waals surface area contributed by atoms with Crippen LogP contribution in [0.4, 0.5) is 11.4 Å². The number of nitrogens with zero attached hydrogens (tertiary/aromatic N) is 2. The first kappa shape index (κ1) is 16.7. The Hall–Kier alpha value is -2.75. The van der Waals surface area contributed by atoms with Gasteiger partial charge in [-0.1, -0.05) is 42.5 Å². The van der Waals surface area contributed by atoms with Crippen molar-refractivity contribution in [3.63, 3.8) is 0 Å². The van der Waals surface area contributed by atoms with Crippen molar-refractivity contribution in [3.8, 4) is 0 Å². The lowest BCUT2D eigenvalue weighted by molar-refractivity contribution is 0.496. The molecule has 4 nitrogen and oxygen atoms in total. The molecule has 0 amide bonds. The first-order chi connectivity index (χ1) is 12.8. The van der Waals surface area contributed by atoms with Gasteiger partial charge in [0.05, 0.1) is 23.4 Å². The second-order valence-corrected chi connectivity index (χ2v) is 7.03. The van der Waals surface area contributed by atoms with E-state index in [4.69, 9.17) is 0 Å². The Morgan fingerprint density at radius 3 is 2.50 bits per heavy atom. The molecule has 1 aliphatic heterocycles. The molecule has 0 saturated carbocycles. The number of imidazole rings is 1. The second-order valence-electron chi connectivity index (χ2n) is 7.03. The molecular formula is C22H26N4. The van der Waals surface area contributed by atoms with Crippen LogP contribution in [0.25, 0.3) is 0 Å². The third kappa shape index (κ3) is 3.59. The van der Waals surface area contributed by atoms with Crippen LogP contribution in [0.5, 0.6) is 0 Å². The van der Waals surface area contributed by atoms with Crippen molar-refractivity contribution in [2.45, 2.75) is 32.2 Å². The maximum absolute atomic E-state index is 4.53. The van der Waals surface area contributed by atoms with Gasteiger partial charge in [0.1, 0.15) is 0 Å². The number of anilines is 2. The topological polar surface area (TPSA) is 44.0 Å². The zero-order valence-electron chi connectivity index (χ0n) is 15.3. The molecule has 0 aliphatic carbocycles. The molecule has 26 heavy (non-hydrogen) atoms. The van der Waals surface area contributed by atoms with E-state index in [0.29, 0.717) is 5.92 Å². The third-order valence-corrected chi connectivity index (χ3v) is 5.32. The molecular weight excluding hydrogens is 320 g/mol. The number of aromatic nitrogens is 2. The smallest absolute Gasteiger partial charge is 0.0925 e. The summed E-state index contributed by atoms with van der Waals surface area (Å²) in [5.41, 5.74) is 6.29. The highest BCUT2D eigenvalue weighted by Crippen LogP contribution is 2.33. The highest BCUT2D eigenvalue weighted by molar-refractivity contribution is 5.70. The summed E-state index contributed by atoms with van der Waals surface area (Å²) in [6.45, 7) is 5.11. The molecule has 0 radical (unpaired) electrons. The molecule has 0 spiro atoms. The van der Waals surface area contributed by atoms with Gasteiger partial charge in [0.15, 0.2) is 0 Å². The quantitative estimate of drug-likeness (QED) is 0.703. The van der Waals surface area contributed by atoms with Crippen LogP contribution in [0, 0.1) is 6.92 Å². The molecule has 3 aromatic rings. The summed E-state index contributed by atoms with van der Waals surface area (Å²) in [6, 6.07) is 19.2. The minimum absolute atomic E-state index is 0.571. The third-order valence-electron chi connectivity index (χ3n) is 5.32. The fourth-order valence-corrected chi connectivity index (χ4v) is 3.87. The molecule has 0 atom stereocenters. The first-order valence-corrected chi connectivity index (χ1v) is 9.43. The SMILES string of the molecule is Cc1[nH]cnc1C1CCN(c2ccccc2NCc2ccccc2)CC1. The summed E-state index contributed by atoms with van der Waals surface area (Å²) in [6.07, 6.45) is 4.12. The number of piperidine rings is 1. The number of aryl methyl sites for hydroxylation is 1. The van der Waals surface area contributed by atoms with Crippen LogP contribution in [-0.2, 0) is 6.54 Å². The van der Waals surface area contributed by atoms with Crippen LogP contribution in [0.2, 0.25) is 0 Å². The van der Waals surface area contributed by atoms with Crippen molar-refractivity contribution < 1.29 is 0 Å². The van der Waals surface area contributed by atoms with Crippen molar-refractivity contribution in [2.75, 3.05) is 23.3 Å². The van der Waals surface area contributed by atoms with Gasteiger partial charge in [-0.15, -0.1) is 0 Å². The zero-order chi connectivity index (χ0) is 17.8. The maximum Gasteiger partial charge on any atom is 0.0925 e. The average molecular weight is 346 g/mol. The molecule has 4 heteroatoms. The highest BCUT2D eigenvalue weighted by Gasteiger charge is 2.24. The molecule has 1 aliphatic rings. The summed E-state index contributed by atoms with van der Waals surface area (Å²) in [5, 5.41) is 3.62. The summed E-state index contributed by atoms with van der Waals surface area (Å²) in [5.74, 6) is 0.571. The van der Waals surface area contributed by atoms with Gasteiger partial charge in [0.2, 0.25) is 0 Å². The van der Waals surface area contributed by atoms with E-state index in [1.54, 1.807) is 0 Å². The van der Waals surface area contributed by atoms with E-state index in [1.165, 1.54) is 28.3 Å². The van der Waals surface area contributed by atoms with Gasteiger partial charge in [-0.05, 0) is 37.5 Å². The van der Waals surface area contributed by atoms with Gasteiger partial charge in [-0.2, -0.15) is 0 Å². The molecule has 1 aromatic heterocycles. The molecule has 1 fully saturated rings. The Labute approximate surface area is 155 Å². The molecule has 2 N–H and O–H groups in total. The monoisotopic (exact) mass is 346 g/mol. The van der Waals surface area contributed by atoms with Crippen molar-refractivity contribution >= 4 is 11.4 Å². The van der Waals surface area contributed by atoms with Crippen molar-refractivity contribution in [3.05, 3.63) is 77.9 Å². The average Bonchev–Trinajstić information content (AvgIpc) is 3.13. The largest absolute Gasteiger partial charge is 0.379 e. The van der Waals surface area contributed by atoms with E-state index < -0.39 is 0 Å². The van der Waals surface area contributed by atoms with E-state index >= 15 is 0 Å². The van der Waals surface area contributed by atoms with Gasteiger partial charge in [-0.3, -0.25) is 0 Å². The summed E-state index contributed by atoms with van der Waals surface area (Å²) >= 11 is 0. The van der Waals surface area contributed by atoms with Gasteiger partial charge >= 0.3 is 0 Å². The Balaban J connectivity index is 1.43. The lowest BCUT2D eigenvalue weighted by Crippen LogP contribution is -2.33. The first-order valence-electron chi connectivity index (χ1n) is 9.43. The van der Waals surface area contributed by atoms with E-state index in [2.05, 4.69) is 81.7 Å². The molecule has 4 rings (SSSR count). The fraction of sp³-hybridized carbons (Fsp3) is 0.318. The van der Waals surface area contributed by atoms with E-state index in [0.717, 1.165) is 32.5 Å². The maximum atomic E-state index is 4.53. The predicted octanol–water partition coefficient (Wildman–Crippen LogP) is 4.71. The minimum atomic E-state index is 0.571. The van der Waals surface area contributed by atoms with Crippen LogP contribution < -0.4 is 10.2 Å². The minimum Gasteiger partial charge on any atom is -0.379 e. The normalized spacial score (nSPS) is 15.2. The van der Waals surface area contributed by atoms with Crippen LogP contribution in [-0.4, -0.2) is 23.1 Å². The number of H-pyrrole nitrogens is 1. The number of hydrogen-bond acceptors (Lipinski definition) is 3. The van der Waals surface area contributed by atoms with E-state index in [9.17, 15) is 0 Å². The molecule has 2 aromatic carbocycles. The van der Waals surface area contributed by atoms with Crippen molar-refractivity contribution in [1.82, 2.24) is 9.97 Å². The van der Waals surface area contributed by atoms with Gasteiger partial charge in [0, 0.05) is 31.2 Å². The van der Waals surface area contributed by atoms with E-state index in [1.807, 2.05) is 6.33 Å². The van der Waals surface area contributed by atoms with Gasteiger partial charge < -0.3 is 15.2 Å². The number of aromatic amines is 1. The van der Waals surface area contributed by atoms with Gasteiger partial charge in [-0.25, -0.2) is 4.98 Å². The fourth-order valence-electron chi connectivity index (χ4n) is 3.87. The number of nitrogens with one attached hydrogen (secondary N) is 2. The molecule has 134 valence electrons. The predicted molar refractivity (Wildman–Crippen MR) is 108 cm³/mol. The molecule has 1 saturated heterocycles. The Morgan fingerprint density at radius 2 is 1.77 bits per heavy atom. The Morgan fingerprint density at radius 1 is 1.04 bits per heavy atom. The highest BCUT2D eigenvalue weighted by atomic mass is 15.2. The summed E-state index contributed by atoms with van der Waals surface area (Å²) in [4.78, 5) is 10.3. The number of rotatable bonds is 5. The van der Waals surface area contributed by atoms with Crippen LogP contribution in [0.15, 0.2) is 60.9 Å². The lowest BCUT2D eigenvalue weighted by Gasteiger charge is -2.34. The second kappa shape index (κ2) is 7.65. The van der Waals surface area contributed by atoms with Gasteiger partial charge in [0.25, 0.3) is 0 Å². The Bertz CT molecular complexity index is 832. The Kier molecular flexibility index (Phi) is 4.91. The summed E-state index contributed by atoms with van der Waals surface area (Å²) < 4.78 is 0. The molecule has 0 bridgehead atoms. The lowest BCUT2D eigenvalue weighted by atomic mass is 9.92. The van der Waals surface area contributed by atoms with Crippen molar-refractivity contribution in [2.24, 2.45) is 0 Å². The molecule has 2 heterocycles. The van der Waals surface area contributed by atoms with Crippen LogP contribution in [0.1, 0.15) is 35.7 Å². The molecule has 0 unspecified atom stereocenters.